The molecule has 0 spiro atoms. The Kier molecular flexibility index (Phi) is 3.39. The second-order valence-electron chi connectivity index (χ2n) is 4.24. The number of aromatic nitrogens is 3. The molecule has 0 aliphatic heterocycles. The number of hydrogen-bond acceptors (Lipinski definition) is 4. The number of nitrogens with zero attached hydrogens (tertiary/aromatic N) is 3. The van der Waals surface area contributed by atoms with E-state index in [1.807, 2.05) is 37.4 Å². The SMILES string of the molecule is Cc1ccc(OC(=O)c2cn3ccccc3n2)nc1I. The van der Waals surface area contributed by atoms with Crippen molar-refractivity contribution in [3.63, 3.8) is 0 Å². The van der Waals surface area contributed by atoms with Gasteiger partial charge < -0.3 is 9.14 Å². The lowest BCUT2D eigenvalue weighted by Gasteiger charge is -2.03. The molecule has 5 nitrogen and oxygen atoms in total. The molecular formula is C14H10IN3O2. The van der Waals surface area contributed by atoms with Crippen molar-refractivity contribution in [2.45, 2.75) is 6.92 Å². The number of carbonyl (C=O) groups is 1. The molecule has 3 aromatic rings. The van der Waals surface area contributed by atoms with Crippen LogP contribution in [0.2, 0.25) is 0 Å². The fraction of sp³-hybridized carbons (Fsp3) is 0.0714. The number of fused-ring (bicyclic) bond motifs is 1. The van der Waals surface area contributed by atoms with Crippen LogP contribution in [0.15, 0.2) is 42.7 Å². The van der Waals surface area contributed by atoms with Crippen molar-refractivity contribution in [3.05, 3.63) is 57.7 Å². The highest BCUT2D eigenvalue weighted by Crippen LogP contribution is 2.15. The van der Waals surface area contributed by atoms with Crippen LogP contribution in [0.3, 0.4) is 0 Å². The van der Waals surface area contributed by atoms with Gasteiger partial charge in [-0.15, -0.1) is 0 Å². The third-order valence-electron chi connectivity index (χ3n) is 2.78. The van der Waals surface area contributed by atoms with Gasteiger partial charge in [-0.2, -0.15) is 0 Å². The molecule has 0 aromatic carbocycles. The van der Waals surface area contributed by atoms with Crippen molar-refractivity contribution in [2.24, 2.45) is 0 Å². The number of esters is 1. The first kappa shape index (κ1) is 13.0. The molecule has 0 saturated heterocycles. The Morgan fingerprint density at radius 3 is 2.85 bits per heavy atom. The molecule has 0 aliphatic carbocycles. The average Bonchev–Trinajstić information content (AvgIpc) is 2.87. The van der Waals surface area contributed by atoms with E-state index in [0.29, 0.717) is 5.65 Å². The van der Waals surface area contributed by atoms with Crippen molar-refractivity contribution < 1.29 is 9.53 Å². The lowest BCUT2D eigenvalue weighted by atomic mass is 10.3. The molecule has 0 unspecified atom stereocenters. The number of pyridine rings is 2. The summed E-state index contributed by atoms with van der Waals surface area (Å²) in [6.07, 6.45) is 3.46. The first-order valence-corrected chi connectivity index (χ1v) is 7.00. The maximum Gasteiger partial charge on any atom is 0.365 e. The second-order valence-corrected chi connectivity index (χ2v) is 5.26. The Morgan fingerprint density at radius 2 is 2.10 bits per heavy atom. The summed E-state index contributed by atoms with van der Waals surface area (Å²) in [4.78, 5) is 20.4. The summed E-state index contributed by atoms with van der Waals surface area (Å²) in [6.45, 7) is 1.95. The fourth-order valence-electron chi connectivity index (χ4n) is 1.72. The number of imidazole rings is 1. The number of halogens is 1. The van der Waals surface area contributed by atoms with Gasteiger partial charge in [-0.25, -0.2) is 14.8 Å². The standard InChI is InChI=1S/C14H10IN3O2/c1-9-5-6-12(17-13(9)15)20-14(19)10-8-18-7-3-2-4-11(18)16-10/h2-8H,1H3. The van der Waals surface area contributed by atoms with Gasteiger partial charge >= 0.3 is 5.97 Å². The Hall–Kier alpha value is -1.96. The third kappa shape index (κ3) is 2.51. The molecule has 100 valence electrons. The van der Waals surface area contributed by atoms with Gasteiger partial charge in [0.25, 0.3) is 0 Å². The van der Waals surface area contributed by atoms with Gasteiger partial charge in [-0.05, 0) is 47.2 Å². The summed E-state index contributed by atoms with van der Waals surface area (Å²) in [7, 11) is 0. The van der Waals surface area contributed by atoms with E-state index >= 15 is 0 Å². The molecule has 0 N–H and O–H groups in total. The molecule has 3 heterocycles. The van der Waals surface area contributed by atoms with Crippen LogP contribution in [0.25, 0.3) is 5.65 Å². The van der Waals surface area contributed by atoms with Gasteiger partial charge in [0.15, 0.2) is 5.69 Å². The van der Waals surface area contributed by atoms with Crippen molar-refractivity contribution in [1.82, 2.24) is 14.4 Å². The summed E-state index contributed by atoms with van der Waals surface area (Å²) in [5, 5.41) is 0. The molecule has 6 heteroatoms. The highest BCUT2D eigenvalue weighted by atomic mass is 127. The minimum atomic E-state index is -0.513. The topological polar surface area (TPSA) is 56.5 Å². The maximum atomic E-state index is 12.0. The maximum absolute atomic E-state index is 12.0. The van der Waals surface area contributed by atoms with Gasteiger partial charge in [0.05, 0.1) is 0 Å². The molecule has 20 heavy (non-hydrogen) atoms. The van der Waals surface area contributed by atoms with E-state index in [1.165, 1.54) is 0 Å². The molecule has 0 fully saturated rings. The summed E-state index contributed by atoms with van der Waals surface area (Å²) >= 11 is 2.10. The first-order chi connectivity index (χ1) is 9.63. The zero-order valence-electron chi connectivity index (χ0n) is 10.6. The lowest BCUT2D eigenvalue weighted by molar-refractivity contribution is 0.0721. The minimum absolute atomic E-state index is 0.258. The zero-order chi connectivity index (χ0) is 14.1. The molecule has 3 rings (SSSR count). The molecule has 0 bridgehead atoms. The molecule has 0 atom stereocenters. The first-order valence-electron chi connectivity index (χ1n) is 5.92. The van der Waals surface area contributed by atoms with E-state index < -0.39 is 5.97 Å². The third-order valence-corrected chi connectivity index (χ3v) is 3.87. The number of rotatable bonds is 2. The van der Waals surface area contributed by atoms with Crippen LogP contribution >= 0.6 is 22.6 Å². The van der Waals surface area contributed by atoms with Crippen LogP contribution in [-0.4, -0.2) is 20.3 Å². The second kappa shape index (κ2) is 5.20. The molecule has 3 aromatic heterocycles. The number of ether oxygens (including phenoxy) is 1. The highest BCUT2D eigenvalue weighted by molar-refractivity contribution is 14.1. The van der Waals surface area contributed by atoms with Crippen LogP contribution < -0.4 is 4.74 Å². The van der Waals surface area contributed by atoms with Crippen molar-refractivity contribution in [3.8, 4) is 5.88 Å². The van der Waals surface area contributed by atoms with E-state index in [1.54, 1.807) is 16.7 Å². The van der Waals surface area contributed by atoms with E-state index in [9.17, 15) is 4.79 Å². The zero-order valence-corrected chi connectivity index (χ0v) is 12.7. The molecule has 0 saturated carbocycles. The summed E-state index contributed by atoms with van der Waals surface area (Å²) in [5.41, 5.74) is 2.00. The smallest absolute Gasteiger partial charge is 0.365 e. The molecule has 0 aliphatic rings. The highest BCUT2D eigenvalue weighted by Gasteiger charge is 2.14. The lowest BCUT2D eigenvalue weighted by Crippen LogP contribution is -2.10. The predicted octanol–water partition coefficient (Wildman–Crippen LogP) is 2.86. The molecule has 0 amide bonds. The van der Waals surface area contributed by atoms with Crippen molar-refractivity contribution in [2.75, 3.05) is 0 Å². The fourth-order valence-corrected chi connectivity index (χ4v) is 2.14. The quantitative estimate of drug-likeness (QED) is 0.390. The van der Waals surface area contributed by atoms with E-state index in [4.69, 9.17) is 4.74 Å². The van der Waals surface area contributed by atoms with Gasteiger partial charge in [0.1, 0.15) is 9.35 Å². The molecule has 0 radical (unpaired) electrons. The number of carbonyl (C=O) groups excluding carboxylic acids is 1. The average molecular weight is 379 g/mol. The predicted molar refractivity (Wildman–Crippen MR) is 81.8 cm³/mol. The normalized spacial score (nSPS) is 10.7. The van der Waals surface area contributed by atoms with E-state index in [2.05, 4.69) is 32.6 Å². The van der Waals surface area contributed by atoms with Gasteiger partial charge in [-0.1, -0.05) is 12.1 Å². The van der Waals surface area contributed by atoms with Crippen LogP contribution in [-0.2, 0) is 0 Å². The summed E-state index contributed by atoms with van der Waals surface area (Å²) in [5.74, 6) is -0.233. The Labute approximate surface area is 128 Å². The summed E-state index contributed by atoms with van der Waals surface area (Å²) in [6, 6.07) is 9.09. The van der Waals surface area contributed by atoms with Crippen molar-refractivity contribution in [1.29, 1.82) is 0 Å². The van der Waals surface area contributed by atoms with E-state index in [-0.39, 0.29) is 11.6 Å². The van der Waals surface area contributed by atoms with Gasteiger partial charge in [0.2, 0.25) is 5.88 Å². The van der Waals surface area contributed by atoms with E-state index in [0.717, 1.165) is 9.26 Å². The number of hydrogen-bond donors (Lipinski definition) is 0. The number of aryl methyl sites for hydroxylation is 1. The van der Waals surface area contributed by atoms with Crippen LogP contribution in [0, 0.1) is 10.6 Å². The Balaban J connectivity index is 1.86. The Bertz CT molecular complexity index is 765. The van der Waals surface area contributed by atoms with Crippen molar-refractivity contribution >= 4 is 34.2 Å². The Morgan fingerprint density at radius 1 is 1.25 bits per heavy atom. The summed E-state index contributed by atoms with van der Waals surface area (Å²) < 4.78 is 7.81. The monoisotopic (exact) mass is 379 g/mol. The van der Waals surface area contributed by atoms with Crippen LogP contribution in [0.4, 0.5) is 0 Å². The van der Waals surface area contributed by atoms with Gasteiger partial charge in [0, 0.05) is 18.5 Å². The van der Waals surface area contributed by atoms with Crippen LogP contribution in [0.5, 0.6) is 5.88 Å². The minimum Gasteiger partial charge on any atom is -0.403 e. The van der Waals surface area contributed by atoms with Crippen LogP contribution in [0.1, 0.15) is 16.1 Å². The molecular weight excluding hydrogens is 369 g/mol. The van der Waals surface area contributed by atoms with Gasteiger partial charge in [-0.3, -0.25) is 0 Å². The largest absolute Gasteiger partial charge is 0.403 e.